The Kier molecular flexibility index (Phi) is 3.06. The lowest BCUT2D eigenvalue weighted by atomic mass is 9.75. The van der Waals surface area contributed by atoms with E-state index in [-0.39, 0.29) is 29.7 Å². The molecule has 8 nitrogen and oxygen atoms in total. The third kappa shape index (κ3) is 2.05. The average Bonchev–Trinajstić information content (AvgIpc) is 2.82. The van der Waals surface area contributed by atoms with E-state index in [1.54, 1.807) is 12.1 Å². The molecule has 8 heteroatoms. The minimum absolute atomic E-state index is 0.0657. The fraction of sp³-hybridized carbons (Fsp3) is 0.444. The first kappa shape index (κ1) is 15.5. The van der Waals surface area contributed by atoms with Crippen LogP contribution in [0.3, 0.4) is 0 Å². The predicted molar refractivity (Wildman–Crippen MR) is 87.6 cm³/mol. The summed E-state index contributed by atoms with van der Waals surface area (Å²) < 4.78 is 5.86. The average molecular weight is 355 g/mol. The highest BCUT2D eigenvalue weighted by Gasteiger charge is 2.47. The van der Waals surface area contributed by atoms with Gasteiger partial charge in [-0.05, 0) is 30.5 Å². The van der Waals surface area contributed by atoms with Crippen LogP contribution < -0.4 is 15.4 Å². The number of nitrogens with one attached hydrogen (secondary N) is 2. The highest BCUT2D eigenvalue weighted by molar-refractivity contribution is 6.23. The second-order valence-corrected chi connectivity index (χ2v) is 7.52. The molecule has 4 aliphatic heterocycles. The molecule has 1 aromatic rings. The molecule has 0 aromatic heterocycles. The summed E-state index contributed by atoms with van der Waals surface area (Å²) >= 11 is 0. The summed E-state index contributed by atoms with van der Waals surface area (Å²) in [5.74, 6) is -1.33. The number of piperidine rings is 1. The number of fused-ring (bicyclic) bond motifs is 2. The molecule has 2 fully saturated rings. The summed E-state index contributed by atoms with van der Waals surface area (Å²) in [6.07, 6.45) is 1.06. The number of amides is 4. The van der Waals surface area contributed by atoms with Crippen molar-refractivity contribution >= 4 is 23.6 Å². The molecular formula is C18H17N3O5. The van der Waals surface area contributed by atoms with E-state index in [4.69, 9.17) is 4.74 Å². The molecule has 4 aliphatic rings. The van der Waals surface area contributed by atoms with Gasteiger partial charge >= 0.3 is 0 Å². The highest BCUT2D eigenvalue weighted by atomic mass is 16.5. The van der Waals surface area contributed by atoms with Gasteiger partial charge in [0.25, 0.3) is 11.8 Å². The fourth-order valence-corrected chi connectivity index (χ4v) is 4.21. The summed E-state index contributed by atoms with van der Waals surface area (Å²) in [5.41, 5.74) is 1.56. The maximum atomic E-state index is 12.9. The Morgan fingerprint density at radius 2 is 1.81 bits per heavy atom. The zero-order valence-corrected chi connectivity index (χ0v) is 14.0. The lowest BCUT2D eigenvalue weighted by Gasteiger charge is -2.45. The number of ether oxygens (including phenoxy) is 1. The van der Waals surface area contributed by atoms with Gasteiger partial charge in [0.1, 0.15) is 11.8 Å². The van der Waals surface area contributed by atoms with Crippen molar-refractivity contribution in [3.8, 4) is 5.75 Å². The van der Waals surface area contributed by atoms with Gasteiger partial charge in [0.05, 0.1) is 17.7 Å². The van der Waals surface area contributed by atoms with Crippen LogP contribution in [-0.2, 0) is 16.0 Å². The Labute approximate surface area is 148 Å². The molecule has 0 saturated carbocycles. The maximum Gasteiger partial charge on any atom is 0.262 e. The van der Waals surface area contributed by atoms with Gasteiger partial charge in [0.2, 0.25) is 11.8 Å². The quantitative estimate of drug-likeness (QED) is 0.665. The largest absolute Gasteiger partial charge is 0.493 e. The van der Waals surface area contributed by atoms with Gasteiger partial charge in [-0.25, -0.2) is 0 Å². The molecule has 5 rings (SSSR count). The molecule has 0 bridgehead atoms. The highest BCUT2D eigenvalue weighted by Crippen LogP contribution is 2.40. The molecule has 0 radical (unpaired) electrons. The third-order valence-corrected chi connectivity index (χ3v) is 5.72. The summed E-state index contributed by atoms with van der Waals surface area (Å²) in [6.45, 7) is 2.34. The van der Waals surface area contributed by atoms with Crippen LogP contribution in [0.4, 0.5) is 0 Å². The zero-order chi connectivity index (χ0) is 18.1. The van der Waals surface area contributed by atoms with Gasteiger partial charge in [-0.15, -0.1) is 0 Å². The molecule has 0 aliphatic carbocycles. The fourth-order valence-electron chi connectivity index (χ4n) is 4.21. The van der Waals surface area contributed by atoms with Gasteiger partial charge in [-0.2, -0.15) is 0 Å². The van der Waals surface area contributed by atoms with Gasteiger partial charge in [-0.1, -0.05) is 0 Å². The summed E-state index contributed by atoms with van der Waals surface area (Å²) in [6, 6.07) is 2.41. The number of hydrogen-bond acceptors (Lipinski definition) is 6. The Morgan fingerprint density at radius 1 is 1.08 bits per heavy atom. The van der Waals surface area contributed by atoms with Crippen LogP contribution in [-0.4, -0.2) is 54.3 Å². The Balaban J connectivity index is 1.49. The van der Waals surface area contributed by atoms with E-state index in [2.05, 4.69) is 10.6 Å². The monoisotopic (exact) mass is 355 g/mol. The molecule has 26 heavy (non-hydrogen) atoms. The van der Waals surface area contributed by atoms with Crippen molar-refractivity contribution in [2.24, 2.45) is 5.41 Å². The van der Waals surface area contributed by atoms with E-state index < -0.39 is 23.8 Å². The molecule has 1 aromatic carbocycles. The lowest BCUT2D eigenvalue weighted by molar-refractivity contribution is -0.136. The van der Waals surface area contributed by atoms with Crippen LogP contribution in [0.2, 0.25) is 0 Å². The predicted octanol–water partition coefficient (Wildman–Crippen LogP) is -0.388. The van der Waals surface area contributed by atoms with Crippen LogP contribution in [0, 0.1) is 5.41 Å². The number of imide groups is 2. The second-order valence-electron chi connectivity index (χ2n) is 7.52. The molecule has 2 saturated heterocycles. The summed E-state index contributed by atoms with van der Waals surface area (Å²) in [5, 5.41) is 5.45. The molecule has 134 valence electrons. The molecule has 1 unspecified atom stereocenters. The number of benzene rings is 1. The maximum absolute atomic E-state index is 12.9. The first-order valence-electron chi connectivity index (χ1n) is 8.69. The SMILES string of the molecule is O=C1CCC(N2C(=O)c3cc4c(cc3C2=O)OCC2(CNC2)C4)C(=O)N1. The van der Waals surface area contributed by atoms with Gasteiger partial charge in [0, 0.05) is 24.9 Å². The smallest absolute Gasteiger partial charge is 0.262 e. The van der Waals surface area contributed by atoms with Gasteiger partial charge < -0.3 is 10.1 Å². The van der Waals surface area contributed by atoms with Crippen molar-refractivity contribution in [1.29, 1.82) is 0 Å². The van der Waals surface area contributed by atoms with Crippen LogP contribution in [0.1, 0.15) is 39.1 Å². The number of carbonyl (C=O) groups is 4. The standard InChI is InChI=1S/C18H17N3O5/c22-14-2-1-12(15(23)20-14)21-16(24)10-3-9-5-18(6-19-7-18)8-26-13(9)4-11(10)17(21)25/h3-4,12,19H,1-2,5-8H2,(H,20,22,23). The van der Waals surface area contributed by atoms with E-state index in [0.29, 0.717) is 17.9 Å². The van der Waals surface area contributed by atoms with E-state index in [1.165, 1.54) is 0 Å². The lowest BCUT2D eigenvalue weighted by Crippen LogP contribution is -2.59. The Morgan fingerprint density at radius 3 is 2.46 bits per heavy atom. The normalized spacial score (nSPS) is 26.2. The molecule has 4 amide bonds. The van der Waals surface area contributed by atoms with Crippen molar-refractivity contribution in [3.05, 3.63) is 28.8 Å². The van der Waals surface area contributed by atoms with Crippen molar-refractivity contribution in [2.45, 2.75) is 25.3 Å². The first-order chi connectivity index (χ1) is 12.5. The molecule has 4 heterocycles. The Hall–Kier alpha value is -2.74. The van der Waals surface area contributed by atoms with Gasteiger partial charge in [0.15, 0.2) is 0 Å². The molecular weight excluding hydrogens is 338 g/mol. The minimum Gasteiger partial charge on any atom is -0.493 e. The third-order valence-electron chi connectivity index (χ3n) is 5.72. The topological polar surface area (TPSA) is 105 Å². The number of rotatable bonds is 1. The van der Waals surface area contributed by atoms with Gasteiger partial charge in [-0.3, -0.25) is 29.4 Å². The number of hydrogen-bond donors (Lipinski definition) is 2. The molecule has 1 atom stereocenters. The number of nitrogens with zero attached hydrogens (tertiary/aromatic N) is 1. The summed E-state index contributed by atoms with van der Waals surface area (Å²) in [7, 11) is 0. The second kappa shape index (κ2) is 5.14. The minimum atomic E-state index is -0.944. The van der Waals surface area contributed by atoms with E-state index >= 15 is 0 Å². The van der Waals surface area contributed by atoms with E-state index in [1.807, 2.05) is 0 Å². The van der Waals surface area contributed by atoms with Crippen LogP contribution >= 0.6 is 0 Å². The molecule has 2 N–H and O–H groups in total. The molecule has 1 spiro atoms. The van der Waals surface area contributed by atoms with E-state index in [9.17, 15) is 19.2 Å². The van der Waals surface area contributed by atoms with Crippen molar-refractivity contribution in [3.63, 3.8) is 0 Å². The van der Waals surface area contributed by atoms with E-state index in [0.717, 1.165) is 30.0 Å². The van der Waals surface area contributed by atoms with Crippen molar-refractivity contribution in [1.82, 2.24) is 15.5 Å². The number of carbonyl (C=O) groups excluding carboxylic acids is 4. The Bertz CT molecular complexity index is 889. The van der Waals surface area contributed by atoms with Crippen molar-refractivity contribution < 1.29 is 23.9 Å². The van der Waals surface area contributed by atoms with Crippen LogP contribution in [0.15, 0.2) is 12.1 Å². The van der Waals surface area contributed by atoms with Crippen molar-refractivity contribution in [2.75, 3.05) is 19.7 Å². The zero-order valence-electron chi connectivity index (χ0n) is 14.0. The summed E-state index contributed by atoms with van der Waals surface area (Å²) in [4.78, 5) is 50.1. The van der Waals surface area contributed by atoms with Crippen LogP contribution in [0.25, 0.3) is 0 Å². The van der Waals surface area contributed by atoms with Crippen LogP contribution in [0.5, 0.6) is 5.75 Å². The first-order valence-corrected chi connectivity index (χ1v) is 8.69.